The fourth-order valence-electron chi connectivity index (χ4n) is 3.75. The molecule has 0 aliphatic carbocycles. The fourth-order valence-corrected chi connectivity index (χ4v) is 5.54. The molecule has 1 aliphatic rings. The van der Waals surface area contributed by atoms with Gasteiger partial charge in [0.1, 0.15) is 5.75 Å². The Hall–Kier alpha value is -2.76. The van der Waals surface area contributed by atoms with Crippen LogP contribution in [0, 0.1) is 0 Å². The number of methoxy groups -OCH3 is 1. The molecule has 31 heavy (non-hydrogen) atoms. The summed E-state index contributed by atoms with van der Waals surface area (Å²) >= 11 is 0. The van der Waals surface area contributed by atoms with Crippen LogP contribution in [0.5, 0.6) is 5.75 Å². The Labute approximate surface area is 181 Å². The van der Waals surface area contributed by atoms with Gasteiger partial charge in [-0.1, -0.05) is 66.7 Å². The molecule has 0 unspecified atom stereocenters. The Morgan fingerprint density at radius 2 is 1.42 bits per heavy atom. The molecule has 0 radical (unpaired) electrons. The molecule has 4 rings (SSSR count). The van der Waals surface area contributed by atoms with Crippen molar-refractivity contribution in [3.8, 4) is 16.9 Å². The van der Waals surface area contributed by atoms with Gasteiger partial charge >= 0.3 is 7.60 Å². The number of epoxide rings is 1. The van der Waals surface area contributed by atoms with Crippen LogP contribution in [0.25, 0.3) is 11.1 Å². The van der Waals surface area contributed by atoms with Gasteiger partial charge in [0.15, 0.2) is 11.9 Å². The Morgan fingerprint density at radius 1 is 0.839 bits per heavy atom. The molecule has 7 heteroatoms. The lowest BCUT2D eigenvalue weighted by atomic mass is 9.99. The molecule has 0 amide bonds. The second-order valence-electron chi connectivity index (χ2n) is 7.09. The molecule has 1 saturated heterocycles. The van der Waals surface area contributed by atoms with E-state index < -0.39 is 19.0 Å². The van der Waals surface area contributed by atoms with Gasteiger partial charge in [0, 0.05) is 19.8 Å². The van der Waals surface area contributed by atoms with E-state index >= 15 is 0 Å². The lowest BCUT2D eigenvalue weighted by Crippen LogP contribution is -2.21. The molecule has 160 valence electrons. The highest BCUT2D eigenvalue weighted by Crippen LogP contribution is 2.74. The van der Waals surface area contributed by atoms with Gasteiger partial charge in [-0.3, -0.25) is 9.36 Å². The van der Waals surface area contributed by atoms with Gasteiger partial charge < -0.3 is 18.5 Å². The average Bonchev–Trinajstić information content (AvgIpc) is 3.61. The predicted octanol–water partition coefficient (Wildman–Crippen LogP) is 5.28. The van der Waals surface area contributed by atoms with Crippen LogP contribution in [0.15, 0.2) is 78.9 Å². The SMILES string of the molecule is COc1ccc([C@@]2(P(=O)(OC)OC)O[C@@H]2C(=O)c2ccc(-c3ccccc3)cc2)cc1. The van der Waals surface area contributed by atoms with Gasteiger partial charge in [-0.05, 0) is 28.8 Å². The quantitative estimate of drug-likeness (QED) is 0.271. The second-order valence-corrected chi connectivity index (χ2v) is 9.48. The topological polar surface area (TPSA) is 74.4 Å². The van der Waals surface area contributed by atoms with Crippen molar-refractivity contribution in [2.24, 2.45) is 0 Å². The summed E-state index contributed by atoms with van der Waals surface area (Å²) in [5, 5.41) is -1.50. The zero-order chi connectivity index (χ0) is 22.1. The normalized spacial score (nSPS) is 20.3. The maximum absolute atomic E-state index is 13.4. The van der Waals surface area contributed by atoms with E-state index in [4.69, 9.17) is 18.5 Å². The number of ether oxygens (including phenoxy) is 2. The van der Waals surface area contributed by atoms with Gasteiger partial charge in [-0.15, -0.1) is 0 Å². The predicted molar refractivity (Wildman–Crippen MR) is 117 cm³/mol. The number of ketones is 1. The maximum Gasteiger partial charge on any atom is 0.369 e. The monoisotopic (exact) mass is 438 g/mol. The van der Waals surface area contributed by atoms with Crippen molar-refractivity contribution < 1.29 is 27.9 Å². The molecular formula is C24H23O6P. The standard InChI is InChI=1S/C24H23O6P/c1-27-21-15-13-20(14-16-21)24(31(26,28-2)29-3)23(30-24)22(25)19-11-9-18(10-12-19)17-7-5-4-6-8-17/h4-16,23H,1-3H3/t23-,24+/m1/s1. The van der Waals surface area contributed by atoms with Crippen LogP contribution < -0.4 is 4.74 Å². The Kier molecular flexibility index (Phi) is 5.82. The zero-order valence-corrected chi connectivity index (χ0v) is 18.4. The summed E-state index contributed by atoms with van der Waals surface area (Å²) < 4.78 is 34.9. The number of carbonyl (C=O) groups excluding carboxylic acids is 1. The number of hydrogen-bond acceptors (Lipinski definition) is 6. The van der Waals surface area contributed by atoms with Crippen LogP contribution in [0.1, 0.15) is 15.9 Å². The van der Waals surface area contributed by atoms with Crippen LogP contribution in [-0.4, -0.2) is 33.2 Å². The van der Waals surface area contributed by atoms with E-state index in [0.29, 0.717) is 16.9 Å². The van der Waals surface area contributed by atoms with E-state index in [9.17, 15) is 9.36 Å². The number of Topliss-reactive ketones (excluding diaryl/α,β-unsaturated/α-hetero) is 1. The van der Waals surface area contributed by atoms with E-state index in [0.717, 1.165) is 11.1 Å². The Morgan fingerprint density at radius 3 is 1.97 bits per heavy atom. The van der Waals surface area contributed by atoms with Crippen molar-refractivity contribution in [3.63, 3.8) is 0 Å². The molecule has 6 nitrogen and oxygen atoms in total. The van der Waals surface area contributed by atoms with Gasteiger partial charge in [0.05, 0.1) is 7.11 Å². The summed E-state index contributed by atoms with van der Waals surface area (Å²) in [6.45, 7) is 0. The van der Waals surface area contributed by atoms with Gasteiger partial charge in [-0.25, -0.2) is 0 Å². The Balaban J connectivity index is 1.66. The molecule has 1 fully saturated rings. The number of carbonyl (C=O) groups is 1. The van der Waals surface area contributed by atoms with Gasteiger partial charge in [-0.2, -0.15) is 0 Å². The number of benzene rings is 3. The summed E-state index contributed by atoms with van der Waals surface area (Å²) in [4.78, 5) is 13.3. The molecule has 0 bridgehead atoms. The molecule has 1 aliphatic heterocycles. The summed E-state index contributed by atoms with van der Waals surface area (Å²) in [7, 11) is 0.335. The van der Waals surface area contributed by atoms with Crippen molar-refractivity contribution in [1.82, 2.24) is 0 Å². The lowest BCUT2D eigenvalue weighted by Gasteiger charge is -2.22. The van der Waals surface area contributed by atoms with Crippen molar-refractivity contribution in [2.45, 2.75) is 11.4 Å². The molecule has 0 spiro atoms. The summed E-state index contributed by atoms with van der Waals surface area (Å²) in [6.07, 6.45) is -0.991. The molecular weight excluding hydrogens is 415 g/mol. The van der Waals surface area contributed by atoms with Gasteiger partial charge in [0.2, 0.25) is 5.34 Å². The van der Waals surface area contributed by atoms with Crippen LogP contribution in [0.2, 0.25) is 0 Å². The molecule has 0 saturated carbocycles. The smallest absolute Gasteiger partial charge is 0.369 e. The van der Waals surface area contributed by atoms with Crippen LogP contribution in [0.4, 0.5) is 0 Å². The number of hydrogen-bond donors (Lipinski definition) is 0. The van der Waals surface area contributed by atoms with E-state index in [1.807, 2.05) is 42.5 Å². The first-order valence-corrected chi connectivity index (χ1v) is 11.3. The third-order valence-corrected chi connectivity index (χ3v) is 7.87. The fraction of sp³-hybridized carbons (Fsp3) is 0.208. The maximum atomic E-state index is 13.4. The molecule has 1 heterocycles. The first-order valence-electron chi connectivity index (χ1n) is 9.72. The highest BCUT2D eigenvalue weighted by molar-refractivity contribution is 7.55. The third kappa shape index (κ3) is 3.62. The van der Waals surface area contributed by atoms with Crippen molar-refractivity contribution in [1.29, 1.82) is 0 Å². The third-order valence-electron chi connectivity index (χ3n) is 5.50. The van der Waals surface area contributed by atoms with Crippen LogP contribution in [-0.2, 0) is 23.7 Å². The van der Waals surface area contributed by atoms with Gasteiger partial charge in [0.25, 0.3) is 0 Å². The minimum Gasteiger partial charge on any atom is -0.497 e. The van der Waals surface area contributed by atoms with E-state index in [-0.39, 0.29) is 5.78 Å². The number of rotatable bonds is 8. The Bertz CT molecular complexity index is 1100. The summed E-state index contributed by atoms with van der Waals surface area (Å²) in [6, 6.07) is 24.0. The van der Waals surface area contributed by atoms with Crippen molar-refractivity contribution in [3.05, 3.63) is 90.0 Å². The minimum atomic E-state index is -3.79. The first-order chi connectivity index (χ1) is 15.0. The van der Waals surface area contributed by atoms with Crippen LogP contribution >= 0.6 is 7.60 Å². The second kappa shape index (κ2) is 8.40. The van der Waals surface area contributed by atoms with Crippen LogP contribution in [0.3, 0.4) is 0 Å². The summed E-state index contributed by atoms with van der Waals surface area (Å²) in [5.74, 6) is 0.341. The summed E-state index contributed by atoms with van der Waals surface area (Å²) in [5.41, 5.74) is 3.04. The van der Waals surface area contributed by atoms with E-state index in [1.165, 1.54) is 14.2 Å². The molecule has 2 atom stereocenters. The van der Waals surface area contributed by atoms with Crippen molar-refractivity contribution in [2.75, 3.05) is 21.3 Å². The molecule has 0 N–H and O–H groups in total. The van der Waals surface area contributed by atoms with E-state index in [1.54, 1.807) is 43.5 Å². The largest absolute Gasteiger partial charge is 0.497 e. The highest BCUT2D eigenvalue weighted by atomic mass is 31.2. The average molecular weight is 438 g/mol. The molecule has 3 aromatic rings. The molecule has 0 aromatic heterocycles. The minimum absolute atomic E-state index is 0.287. The molecule has 3 aromatic carbocycles. The lowest BCUT2D eigenvalue weighted by molar-refractivity contribution is 0.0953. The van der Waals surface area contributed by atoms with Crippen molar-refractivity contribution >= 4 is 13.4 Å². The highest BCUT2D eigenvalue weighted by Gasteiger charge is 2.74. The zero-order valence-electron chi connectivity index (χ0n) is 17.5. The van der Waals surface area contributed by atoms with E-state index in [2.05, 4.69) is 0 Å². The first kappa shape index (κ1) is 21.5.